The van der Waals surface area contributed by atoms with Crippen molar-refractivity contribution in [3.8, 4) is 0 Å². The van der Waals surface area contributed by atoms with Crippen molar-refractivity contribution in [3.05, 3.63) is 29.3 Å². The molecule has 150 valence electrons. The molecule has 0 radical (unpaired) electrons. The van der Waals surface area contributed by atoms with Crippen LogP contribution >= 0.6 is 0 Å². The zero-order valence-electron chi connectivity index (χ0n) is 16.3. The molecule has 0 aliphatic carbocycles. The smallest absolute Gasteiger partial charge is 0.227 e. The lowest BCUT2D eigenvalue weighted by atomic mass is 9.96. The highest BCUT2D eigenvalue weighted by molar-refractivity contribution is 7.91. The van der Waals surface area contributed by atoms with E-state index in [1.54, 1.807) is 6.07 Å². The van der Waals surface area contributed by atoms with Crippen LogP contribution in [0.1, 0.15) is 24.0 Å². The predicted octanol–water partition coefficient (Wildman–Crippen LogP) is 1.65. The van der Waals surface area contributed by atoms with Gasteiger partial charge in [-0.3, -0.25) is 4.79 Å². The van der Waals surface area contributed by atoms with Crippen LogP contribution in [0.15, 0.2) is 23.1 Å². The van der Waals surface area contributed by atoms with E-state index in [1.807, 2.05) is 30.9 Å². The second kappa shape index (κ2) is 8.71. The normalized spacial score (nSPS) is 22.0. The van der Waals surface area contributed by atoms with E-state index in [2.05, 4.69) is 4.90 Å². The minimum Gasteiger partial charge on any atom is -0.378 e. The first-order valence-electron chi connectivity index (χ1n) is 9.76. The number of aryl methyl sites for hydroxylation is 2. The van der Waals surface area contributed by atoms with Crippen LogP contribution in [0.3, 0.4) is 0 Å². The summed E-state index contributed by atoms with van der Waals surface area (Å²) in [6.45, 7) is 8.27. The van der Waals surface area contributed by atoms with Crippen LogP contribution in [-0.2, 0) is 19.4 Å². The Morgan fingerprint density at radius 3 is 2.67 bits per heavy atom. The third-order valence-electron chi connectivity index (χ3n) is 5.53. The number of hydrogen-bond donors (Lipinski definition) is 0. The summed E-state index contributed by atoms with van der Waals surface area (Å²) in [5, 5.41) is 0. The van der Waals surface area contributed by atoms with Gasteiger partial charge < -0.3 is 14.5 Å². The number of rotatable bonds is 5. The summed E-state index contributed by atoms with van der Waals surface area (Å²) in [6, 6.07) is 5.55. The van der Waals surface area contributed by atoms with Crippen LogP contribution in [0.5, 0.6) is 0 Å². The van der Waals surface area contributed by atoms with Crippen molar-refractivity contribution in [2.75, 3.05) is 51.7 Å². The maximum absolute atomic E-state index is 12.8. The van der Waals surface area contributed by atoms with Crippen LogP contribution < -0.4 is 0 Å². The molecule has 0 bridgehead atoms. The summed E-state index contributed by atoms with van der Waals surface area (Å²) in [6.07, 6.45) is 1.82. The maximum Gasteiger partial charge on any atom is 0.227 e. The molecule has 2 saturated heterocycles. The summed E-state index contributed by atoms with van der Waals surface area (Å²) >= 11 is 0. The van der Waals surface area contributed by atoms with Crippen molar-refractivity contribution < 1.29 is 17.9 Å². The molecule has 0 aromatic heterocycles. The second-order valence-electron chi connectivity index (χ2n) is 7.67. The Morgan fingerprint density at radius 1 is 1.19 bits per heavy atom. The molecular weight excluding hydrogens is 364 g/mol. The number of hydrogen-bond acceptors (Lipinski definition) is 5. The number of piperidine rings is 1. The maximum atomic E-state index is 12.8. The topological polar surface area (TPSA) is 66.9 Å². The fourth-order valence-corrected chi connectivity index (χ4v) is 5.55. The molecule has 1 aromatic carbocycles. The van der Waals surface area contributed by atoms with E-state index < -0.39 is 9.84 Å². The summed E-state index contributed by atoms with van der Waals surface area (Å²) in [7, 11) is -3.32. The first-order chi connectivity index (χ1) is 12.9. The highest BCUT2D eigenvalue weighted by Crippen LogP contribution is 2.22. The van der Waals surface area contributed by atoms with Gasteiger partial charge in [0, 0.05) is 26.2 Å². The number of ether oxygens (including phenoxy) is 1. The molecule has 6 nitrogen and oxygen atoms in total. The molecular formula is C20H30N2O4S. The van der Waals surface area contributed by atoms with E-state index in [0.29, 0.717) is 44.3 Å². The lowest BCUT2D eigenvalue weighted by Gasteiger charge is -2.36. The third-order valence-corrected chi connectivity index (χ3v) is 7.36. The largest absolute Gasteiger partial charge is 0.378 e. The Hall–Kier alpha value is -1.44. The van der Waals surface area contributed by atoms with Gasteiger partial charge in [0.05, 0.1) is 29.8 Å². The van der Waals surface area contributed by atoms with Gasteiger partial charge in [0.1, 0.15) is 0 Å². The van der Waals surface area contributed by atoms with Gasteiger partial charge in [0.2, 0.25) is 5.91 Å². The van der Waals surface area contributed by atoms with Crippen molar-refractivity contribution in [1.29, 1.82) is 0 Å². The molecule has 1 aromatic rings. The van der Waals surface area contributed by atoms with Crippen LogP contribution in [0, 0.1) is 19.8 Å². The Labute approximate surface area is 162 Å². The number of amides is 1. The van der Waals surface area contributed by atoms with E-state index in [9.17, 15) is 13.2 Å². The van der Waals surface area contributed by atoms with E-state index >= 15 is 0 Å². The Morgan fingerprint density at radius 2 is 1.93 bits per heavy atom. The van der Waals surface area contributed by atoms with Crippen molar-refractivity contribution in [2.45, 2.75) is 31.6 Å². The number of carbonyl (C=O) groups excluding carboxylic acids is 1. The number of likely N-dealkylation sites (tertiary alicyclic amines) is 1. The van der Waals surface area contributed by atoms with Crippen molar-refractivity contribution >= 4 is 15.7 Å². The zero-order valence-corrected chi connectivity index (χ0v) is 17.1. The molecule has 0 N–H and O–H groups in total. The molecule has 2 aliphatic heterocycles. The van der Waals surface area contributed by atoms with Gasteiger partial charge in [-0.25, -0.2) is 8.42 Å². The molecule has 2 fully saturated rings. The molecule has 1 amide bonds. The summed E-state index contributed by atoms with van der Waals surface area (Å²) in [4.78, 5) is 17.2. The van der Waals surface area contributed by atoms with Gasteiger partial charge in [0.25, 0.3) is 0 Å². The average Bonchev–Trinajstić information content (AvgIpc) is 2.68. The quantitative estimate of drug-likeness (QED) is 0.760. The monoisotopic (exact) mass is 394 g/mol. The molecule has 1 atom stereocenters. The third kappa shape index (κ3) is 5.09. The SMILES string of the molecule is Cc1ccc(C)c(S(=O)(=O)CCN2CCC[C@H](C(=O)N3CCOCC3)C2)c1. The second-order valence-corrected chi connectivity index (χ2v) is 9.74. The van der Waals surface area contributed by atoms with E-state index in [0.717, 1.165) is 30.5 Å². The lowest BCUT2D eigenvalue weighted by Crippen LogP contribution is -2.49. The Bertz CT molecular complexity index is 772. The number of sulfone groups is 1. The highest BCUT2D eigenvalue weighted by atomic mass is 32.2. The van der Waals surface area contributed by atoms with Crippen molar-refractivity contribution in [2.24, 2.45) is 5.92 Å². The van der Waals surface area contributed by atoms with Crippen molar-refractivity contribution in [3.63, 3.8) is 0 Å². The fraction of sp³-hybridized carbons (Fsp3) is 0.650. The summed E-state index contributed by atoms with van der Waals surface area (Å²) in [5.41, 5.74) is 1.74. The molecule has 2 aliphatic rings. The fourth-order valence-electron chi connectivity index (χ4n) is 3.90. The molecule has 7 heteroatoms. The van der Waals surface area contributed by atoms with E-state index in [1.165, 1.54) is 0 Å². The number of morpholine rings is 1. The van der Waals surface area contributed by atoms with Crippen LogP contribution in [0.25, 0.3) is 0 Å². The molecule has 0 unspecified atom stereocenters. The predicted molar refractivity (Wildman–Crippen MR) is 105 cm³/mol. The Balaban J connectivity index is 1.59. The van der Waals surface area contributed by atoms with Crippen LogP contribution in [-0.4, -0.2) is 75.8 Å². The highest BCUT2D eigenvalue weighted by Gasteiger charge is 2.30. The van der Waals surface area contributed by atoms with Crippen molar-refractivity contribution in [1.82, 2.24) is 9.80 Å². The minimum absolute atomic E-state index is 0.0275. The standard InChI is InChI=1S/C20H30N2O4S/c1-16-5-6-17(2)19(14-16)27(24,25)13-10-21-7-3-4-18(15-21)20(23)22-8-11-26-12-9-22/h5-6,14,18H,3-4,7-13,15H2,1-2H3/t18-/m0/s1. The average molecular weight is 395 g/mol. The van der Waals surface area contributed by atoms with Crippen LogP contribution in [0.4, 0.5) is 0 Å². The summed E-state index contributed by atoms with van der Waals surface area (Å²) < 4.78 is 30.9. The lowest BCUT2D eigenvalue weighted by molar-refractivity contribution is -0.141. The number of nitrogens with zero attached hydrogens (tertiary/aromatic N) is 2. The summed E-state index contributed by atoms with van der Waals surface area (Å²) in [5.74, 6) is 0.260. The van der Waals surface area contributed by atoms with Gasteiger partial charge >= 0.3 is 0 Å². The minimum atomic E-state index is -3.32. The van der Waals surface area contributed by atoms with Crippen LogP contribution in [0.2, 0.25) is 0 Å². The van der Waals surface area contributed by atoms with Gasteiger partial charge in [-0.2, -0.15) is 0 Å². The number of benzene rings is 1. The van der Waals surface area contributed by atoms with E-state index in [-0.39, 0.29) is 17.6 Å². The molecule has 2 heterocycles. The first-order valence-corrected chi connectivity index (χ1v) is 11.4. The van der Waals surface area contributed by atoms with Gasteiger partial charge in [-0.05, 0) is 50.4 Å². The molecule has 0 saturated carbocycles. The Kier molecular flexibility index (Phi) is 6.55. The first kappa shape index (κ1) is 20.3. The molecule has 3 rings (SSSR count). The molecule has 27 heavy (non-hydrogen) atoms. The zero-order chi connectivity index (χ0) is 19.4. The van der Waals surface area contributed by atoms with E-state index in [4.69, 9.17) is 4.74 Å². The van der Waals surface area contributed by atoms with Gasteiger partial charge in [0.15, 0.2) is 9.84 Å². The van der Waals surface area contributed by atoms with Gasteiger partial charge in [-0.1, -0.05) is 12.1 Å². The number of carbonyl (C=O) groups is 1. The molecule has 0 spiro atoms. The van der Waals surface area contributed by atoms with Gasteiger partial charge in [-0.15, -0.1) is 0 Å².